The zero-order valence-corrected chi connectivity index (χ0v) is 19.7. The maximum Gasteiger partial charge on any atom is 0.325 e. The number of anilines is 1. The zero-order valence-electron chi connectivity index (χ0n) is 19.7. The molecular weight excluding hydrogens is 442 g/mol. The summed E-state index contributed by atoms with van der Waals surface area (Å²) < 4.78 is 0. The number of benzene rings is 3. The summed E-state index contributed by atoms with van der Waals surface area (Å²) in [5, 5.41) is 2.85. The fourth-order valence-corrected chi connectivity index (χ4v) is 4.29. The second kappa shape index (κ2) is 9.93. The summed E-state index contributed by atoms with van der Waals surface area (Å²) in [6.07, 6.45) is 1.19. The third-order valence-electron chi connectivity index (χ3n) is 6.24. The number of rotatable bonds is 8. The molecule has 0 aromatic heterocycles. The predicted molar refractivity (Wildman–Crippen MR) is 133 cm³/mol. The standard InChI is InChI=1S/C28H27N3O4/c1-3-10-25(33)30(2)23-17-15-20(16-18-23)24(32)19-31-26(34)28(29-27(31)35,21-11-6-4-7-12-21)22-13-8-5-9-14-22/h4-9,11-18H,3,10,19H2,1-2H3,(H,29,35). The van der Waals surface area contributed by atoms with Crippen molar-refractivity contribution in [1.82, 2.24) is 10.2 Å². The third kappa shape index (κ3) is 4.45. The van der Waals surface area contributed by atoms with Gasteiger partial charge in [-0.1, -0.05) is 67.6 Å². The predicted octanol–water partition coefficient (Wildman–Crippen LogP) is 4.13. The van der Waals surface area contributed by atoms with Gasteiger partial charge in [-0.25, -0.2) is 4.79 Å². The summed E-state index contributed by atoms with van der Waals surface area (Å²) in [5.41, 5.74) is 0.837. The monoisotopic (exact) mass is 469 g/mol. The van der Waals surface area contributed by atoms with Gasteiger partial charge in [-0.05, 0) is 41.8 Å². The van der Waals surface area contributed by atoms with E-state index < -0.39 is 24.0 Å². The Hall–Kier alpha value is -4.26. The van der Waals surface area contributed by atoms with Gasteiger partial charge < -0.3 is 10.2 Å². The Morgan fingerprint density at radius 1 is 0.857 bits per heavy atom. The summed E-state index contributed by atoms with van der Waals surface area (Å²) in [4.78, 5) is 54.4. The minimum absolute atomic E-state index is 0.0101. The molecule has 1 N–H and O–H groups in total. The Morgan fingerprint density at radius 2 is 1.40 bits per heavy atom. The first-order valence-electron chi connectivity index (χ1n) is 11.5. The molecule has 1 heterocycles. The lowest BCUT2D eigenvalue weighted by molar-refractivity contribution is -0.130. The number of imide groups is 1. The normalized spacial score (nSPS) is 14.5. The van der Waals surface area contributed by atoms with Gasteiger partial charge in [0, 0.05) is 24.7 Å². The van der Waals surface area contributed by atoms with Crippen molar-refractivity contribution in [3.63, 3.8) is 0 Å². The van der Waals surface area contributed by atoms with Gasteiger partial charge in [0.1, 0.15) is 0 Å². The molecule has 0 atom stereocenters. The van der Waals surface area contributed by atoms with Crippen LogP contribution in [0, 0.1) is 0 Å². The van der Waals surface area contributed by atoms with E-state index in [1.54, 1.807) is 84.7 Å². The van der Waals surface area contributed by atoms with Crippen LogP contribution >= 0.6 is 0 Å². The fraction of sp³-hybridized carbons (Fsp3) is 0.214. The molecule has 178 valence electrons. The molecule has 0 aliphatic carbocycles. The van der Waals surface area contributed by atoms with Crippen molar-refractivity contribution in [3.8, 4) is 0 Å². The molecule has 35 heavy (non-hydrogen) atoms. The maximum atomic E-state index is 13.7. The molecule has 4 rings (SSSR count). The van der Waals surface area contributed by atoms with E-state index >= 15 is 0 Å². The number of nitrogens with one attached hydrogen (secondary N) is 1. The lowest BCUT2D eigenvalue weighted by Gasteiger charge is -2.28. The molecule has 0 bridgehead atoms. The average molecular weight is 470 g/mol. The van der Waals surface area contributed by atoms with Gasteiger partial charge in [-0.2, -0.15) is 0 Å². The first kappa shape index (κ1) is 23.9. The van der Waals surface area contributed by atoms with E-state index in [1.165, 1.54) is 0 Å². The van der Waals surface area contributed by atoms with E-state index in [0.717, 1.165) is 11.3 Å². The van der Waals surface area contributed by atoms with Gasteiger partial charge in [0.05, 0.1) is 6.54 Å². The molecule has 1 aliphatic heterocycles. The van der Waals surface area contributed by atoms with Crippen LogP contribution in [-0.4, -0.2) is 42.1 Å². The zero-order chi connectivity index (χ0) is 25.0. The lowest BCUT2D eigenvalue weighted by Crippen LogP contribution is -2.45. The summed E-state index contributed by atoms with van der Waals surface area (Å²) in [7, 11) is 1.69. The molecule has 3 aromatic rings. The van der Waals surface area contributed by atoms with Crippen molar-refractivity contribution in [2.24, 2.45) is 0 Å². The SMILES string of the molecule is CCCC(=O)N(C)c1ccc(C(=O)CN2C(=O)NC(c3ccccc3)(c3ccccc3)C2=O)cc1. The summed E-state index contributed by atoms with van der Waals surface area (Å²) >= 11 is 0. The molecule has 0 spiro atoms. The van der Waals surface area contributed by atoms with Crippen molar-refractivity contribution in [2.75, 3.05) is 18.5 Å². The first-order chi connectivity index (χ1) is 16.9. The lowest BCUT2D eigenvalue weighted by atomic mass is 9.82. The van der Waals surface area contributed by atoms with Gasteiger partial charge in [-0.15, -0.1) is 0 Å². The molecule has 0 radical (unpaired) electrons. The number of Topliss-reactive ketones (excluding diaryl/α,β-unsaturated/α-hetero) is 1. The van der Waals surface area contributed by atoms with Crippen molar-refractivity contribution in [1.29, 1.82) is 0 Å². The van der Waals surface area contributed by atoms with E-state index in [1.807, 2.05) is 19.1 Å². The Balaban J connectivity index is 1.58. The van der Waals surface area contributed by atoms with E-state index in [9.17, 15) is 19.2 Å². The quantitative estimate of drug-likeness (QED) is 0.397. The summed E-state index contributed by atoms with van der Waals surface area (Å²) in [6.45, 7) is 1.55. The second-order valence-electron chi connectivity index (χ2n) is 8.48. The van der Waals surface area contributed by atoms with E-state index in [4.69, 9.17) is 0 Å². The highest BCUT2D eigenvalue weighted by molar-refractivity contribution is 6.13. The van der Waals surface area contributed by atoms with Crippen LogP contribution in [0.4, 0.5) is 10.5 Å². The molecule has 7 heteroatoms. The van der Waals surface area contributed by atoms with Crippen LogP contribution in [-0.2, 0) is 15.1 Å². The van der Waals surface area contributed by atoms with Crippen LogP contribution in [0.25, 0.3) is 0 Å². The van der Waals surface area contributed by atoms with E-state index in [-0.39, 0.29) is 11.7 Å². The maximum absolute atomic E-state index is 13.7. The number of ketones is 1. The Bertz CT molecular complexity index is 1200. The molecule has 0 unspecified atom stereocenters. The number of carbonyl (C=O) groups excluding carboxylic acids is 4. The van der Waals surface area contributed by atoms with Crippen molar-refractivity contribution in [2.45, 2.75) is 25.3 Å². The van der Waals surface area contributed by atoms with Gasteiger partial charge >= 0.3 is 6.03 Å². The minimum atomic E-state index is -1.41. The minimum Gasteiger partial charge on any atom is -0.316 e. The Labute approximate surface area is 204 Å². The van der Waals surface area contributed by atoms with Gasteiger partial charge in [-0.3, -0.25) is 19.3 Å². The molecule has 7 nitrogen and oxygen atoms in total. The molecule has 4 amide bonds. The second-order valence-corrected chi connectivity index (χ2v) is 8.48. The van der Waals surface area contributed by atoms with Gasteiger partial charge in [0.2, 0.25) is 5.91 Å². The number of nitrogens with zero attached hydrogens (tertiary/aromatic N) is 2. The molecule has 1 aliphatic rings. The van der Waals surface area contributed by atoms with Gasteiger partial charge in [0.25, 0.3) is 5.91 Å². The highest BCUT2D eigenvalue weighted by atomic mass is 16.2. The van der Waals surface area contributed by atoms with Crippen LogP contribution in [0.3, 0.4) is 0 Å². The highest BCUT2D eigenvalue weighted by Crippen LogP contribution is 2.36. The number of carbonyl (C=O) groups is 4. The summed E-state index contributed by atoms with van der Waals surface area (Å²) in [6, 6.07) is 24.0. The van der Waals surface area contributed by atoms with Crippen LogP contribution in [0.1, 0.15) is 41.3 Å². The Morgan fingerprint density at radius 3 is 1.91 bits per heavy atom. The Kier molecular flexibility index (Phi) is 6.78. The molecule has 1 saturated heterocycles. The number of urea groups is 1. The highest BCUT2D eigenvalue weighted by Gasteiger charge is 2.54. The van der Waals surface area contributed by atoms with Crippen molar-refractivity contribution >= 4 is 29.3 Å². The van der Waals surface area contributed by atoms with Crippen LogP contribution in [0.15, 0.2) is 84.9 Å². The van der Waals surface area contributed by atoms with E-state index in [0.29, 0.717) is 28.8 Å². The smallest absolute Gasteiger partial charge is 0.316 e. The van der Waals surface area contributed by atoms with Crippen molar-refractivity contribution < 1.29 is 19.2 Å². The number of hydrogen-bond donors (Lipinski definition) is 1. The fourth-order valence-electron chi connectivity index (χ4n) is 4.29. The summed E-state index contributed by atoms with van der Waals surface area (Å²) in [5.74, 6) is -0.890. The molecule has 0 saturated carbocycles. The van der Waals surface area contributed by atoms with Gasteiger partial charge in [0.15, 0.2) is 11.3 Å². The van der Waals surface area contributed by atoms with Crippen LogP contribution in [0.5, 0.6) is 0 Å². The molecule has 3 aromatic carbocycles. The van der Waals surface area contributed by atoms with E-state index in [2.05, 4.69) is 5.32 Å². The van der Waals surface area contributed by atoms with Crippen molar-refractivity contribution in [3.05, 3.63) is 102 Å². The largest absolute Gasteiger partial charge is 0.325 e. The molecular formula is C28H27N3O4. The van der Waals surface area contributed by atoms with Crippen LogP contribution in [0.2, 0.25) is 0 Å². The average Bonchev–Trinajstić information content (AvgIpc) is 3.15. The third-order valence-corrected chi connectivity index (χ3v) is 6.24. The topological polar surface area (TPSA) is 86.8 Å². The first-order valence-corrected chi connectivity index (χ1v) is 11.5. The molecule has 1 fully saturated rings. The number of amides is 4. The number of hydrogen-bond acceptors (Lipinski definition) is 4. The van der Waals surface area contributed by atoms with Crippen LogP contribution < -0.4 is 10.2 Å².